The molecule has 1 N–H and O–H groups in total. The second-order valence-electron chi connectivity index (χ2n) is 9.62. The summed E-state index contributed by atoms with van der Waals surface area (Å²) in [5, 5.41) is 16.4. The number of rotatable bonds is 6. The molecule has 0 atom stereocenters. The van der Waals surface area contributed by atoms with E-state index in [1.165, 1.54) is 5.56 Å². The largest absolute Gasteiger partial charge is 0.299 e. The molecule has 1 aliphatic heterocycles. The zero-order chi connectivity index (χ0) is 25.0. The van der Waals surface area contributed by atoms with Gasteiger partial charge in [0.05, 0.1) is 5.69 Å². The Morgan fingerprint density at radius 2 is 1.65 bits per heavy atom. The highest BCUT2D eigenvalue weighted by Gasteiger charge is 2.24. The smallest absolute Gasteiger partial charge is 0.199 e. The van der Waals surface area contributed by atoms with Crippen LogP contribution in [0.2, 0.25) is 0 Å². The third-order valence-corrected chi connectivity index (χ3v) is 7.01. The van der Waals surface area contributed by atoms with Gasteiger partial charge in [-0.3, -0.25) is 15.0 Å². The summed E-state index contributed by atoms with van der Waals surface area (Å²) in [6.07, 6.45) is 3.90. The van der Waals surface area contributed by atoms with E-state index in [9.17, 15) is 0 Å². The average Bonchev–Trinajstić information content (AvgIpc) is 3.46. The summed E-state index contributed by atoms with van der Waals surface area (Å²) in [4.78, 5) is 11.6. The van der Waals surface area contributed by atoms with E-state index < -0.39 is 0 Å². The minimum Gasteiger partial charge on any atom is -0.299 e. The lowest BCUT2D eigenvalue weighted by molar-refractivity contribution is 0.202. The maximum absolute atomic E-state index is 4.73. The number of hydrogen-bond donors (Lipinski definition) is 1. The molecular formula is C30H29N7. The lowest BCUT2D eigenvalue weighted by Crippen LogP contribution is -2.32. The Morgan fingerprint density at radius 3 is 2.41 bits per heavy atom. The molecule has 1 aliphatic rings. The molecule has 0 unspecified atom stereocenters. The fourth-order valence-corrected chi connectivity index (χ4v) is 5.00. The van der Waals surface area contributed by atoms with Crippen molar-refractivity contribution < 1.29 is 0 Å². The Kier molecular flexibility index (Phi) is 6.52. The number of aryl methyl sites for hydroxylation is 1. The van der Waals surface area contributed by atoms with Crippen molar-refractivity contribution in [3.8, 4) is 33.9 Å². The van der Waals surface area contributed by atoms with Crippen LogP contribution in [0.15, 0.2) is 85.1 Å². The van der Waals surface area contributed by atoms with Crippen LogP contribution in [-0.2, 0) is 6.54 Å². The Balaban J connectivity index is 1.10. The van der Waals surface area contributed by atoms with Gasteiger partial charge >= 0.3 is 0 Å². The average molecular weight is 488 g/mol. The monoisotopic (exact) mass is 487 g/mol. The number of likely N-dealkylation sites (tertiary alicyclic amines) is 1. The van der Waals surface area contributed by atoms with Gasteiger partial charge in [-0.25, -0.2) is 4.98 Å². The highest BCUT2D eigenvalue weighted by Crippen LogP contribution is 2.31. The van der Waals surface area contributed by atoms with Crippen LogP contribution in [0.25, 0.3) is 33.9 Å². The molecule has 0 bridgehead atoms. The van der Waals surface area contributed by atoms with Crippen LogP contribution in [0, 0.1) is 6.92 Å². The van der Waals surface area contributed by atoms with Crippen LogP contribution in [0.4, 0.5) is 0 Å². The van der Waals surface area contributed by atoms with Crippen LogP contribution < -0.4 is 0 Å². The third kappa shape index (κ3) is 5.17. The Bertz CT molecular complexity index is 1460. The quantitative estimate of drug-likeness (QED) is 0.332. The van der Waals surface area contributed by atoms with E-state index in [2.05, 4.69) is 84.9 Å². The first-order chi connectivity index (χ1) is 18.2. The number of piperidine rings is 1. The molecular weight excluding hydrogens is 458 g/mol. The zero-order valence-corrected chi connectivity index (χ0v) is 20.9. The topological polar surface area (TPSA) is 83.5 Å². The van der Waals surface area contributed by atoms with Gasteiger partial charge in [0, 0.05) is 29.8 Å². The summed E-state index contributed by atoms with van der Waals surface area (Å²) in [5.74, 6) is 2.05. The molecule has 7 nitrogen and oxygen atoms in total. The van der Waals surface area contributed by atoms with E-state index in [4.69, 9.17) is 4.98 Å². The van der Waals surface area contributed by atoms with Gasteiger partial charge in [0.25, 0.3) is 0 Å². The zero-order valence-electron chi connectivity index (χ0n) is 20.9. The summed E-state index contributed by atoms with van der Waals surface area (Å²) in [6, 6.07) is 27.1. The number of aromatic amines is 1. The van der Waals surface area contributed by atoms with E-state index in [-0.39, 0.29) is 0 Å². The SMILES string of the molecule is Cc1cc(-c2ccccc2)c(-c2ccc(CN3CCC(c4nc(-c5ccccn5)n[nH]4)CC3)cc2)nn1. The number of nitrogens with one attached hydrogen (secondary N) is 1. The van der Waals surface area contributed by atoms with Gasteiger partial charge in [-0.2, -0.15) is 10.2 Å². The molecule has 1 saturated heterocycles. The predicted octanol–water partition coefficient (Wildman–Crippen LogP) is 5.68. The lowest BCUT2D eigenvalue weighted by Gasteiger charge is -2.31. The van der Waals surface area contributed by atoms with Crippen molar-refractivity contribution in [1.82, 2.24) is 35.3 Å². The molecule has 0 amide bonds. The molecule has 4 heterocycles. The lowest BCUT2D eigenvalue weighted by atomic mass is 9.95. The van der Waals surface area contributed by atoms with Crippen LogP contribution in [-0.4, -0.2) is 48.4 Å². The highest BCUT2D eigenvalue weighted by atomic mass is 15.2. The van der Waals surface area contributed by atoms with E-state index in [1.54, 1.807) is 6.20 Å². The van der Waals surface area contributed by atoms with E-state index in [0.29, 0.717) is 11.7 Å². The Hall–Kier alpha value is -4.23. The molecule has 1 fully saturated rings. The maximum atomic E-state index is 4.73. The van der Waals surface area contributed by atoms with Crippen molar-refractivity contribution in [3.05, 3.63) is 102 Å². The fourth-order valence-electron chi connectivity index (χ4n) is 5.00. The van der Waals surface area contributed by atoms with Gasteiger partial charge in [-0.05, 0) is 62.2 Å². The second-order valence-corrected chi connectivity index (χ2v) is 9.62. The Morgan fingerprint density at radius 1 is 0.865 bits per heavy atom. The first-order valence-electron chi connectivity index (χ1n) is 12.8. The summed E-state index contributed by atoms with van der Waals surface area (Å²) >= 11 is 0. The number of benzene rings is 2. The van der Waals surface area contributed by atoms with E-state index >= 15 is 0 Å². The van der Waals surface area contributed by atoms with Gasteiger partial charge in [-0.15, -0.1) is 5.10 Å². The number of nitrogens with zero attached hydrogens (tertiary/aromatic N) is 6. The molecule has 7 heteroatoms. The van der Waals surface area contributed by atoms with Crippen molar-refractivity contribution >= 4 is 0 Å². The van der Waals surface area contributed by atoms with E-state index in [0.717, 1.165) is 72.1 Å². The Labute approximate surface area is 216 Å². The summed E-state index contributed by atoms with van der Waals surface area (Å²) < 4.78 is 0. The minimum atomic E-state index is 0.403. The van der Waals surface area contributed by atoms with Crippen molar-refractivity contribution in [1.29, 1.82) is 0 Å². The first-order valence-corrected chi connectivity index (χ1v) is 12.8. The van der Waals surface area contributed by atoms with Crippen molar-refractivity contribution in [2.75, 3.05) is 13.1 Å². The first kappa shape index (κ1) is 23.2. The van der Waals surface area contributed by atoms with Crippen LogP contribution in [0.3, 0.4) is 0 Å². The molecule has 0 aliphatic carbocycles. The molecule has 2 aromatic carbocycles. The van der Waals surface area contributed by atoms with Gasteiger partial charge < -0.3 is 0 Å². The van der Waals surface area contributed by atoms with Crippen LogP contribution in [0.5, 0.6) is 0 Å². The number of hydrogen-bond acceptors (Lipinski definition) is 6. The fraction of sp³-hybridized carbons (Fsp3) is 0.233. The molecule has 184 valence electrons. The minimum absolute atomic E-state index is 0.403. The molecule has 6 rings (SSSR count). The van der Waals surface area contributed by atoms with Crippen molar-refractivity contribution in [3.63, 3.8) is 0 Å². The standard InChI is InChI=1S/C30H29N7/c1-21-19-26(23-7-3-2-4-8-23)28(34-33-21)24-12-10-22(11-13-24)20-37-17-14-25(15-18-37)29-32-30(36-35-29)27-9-5-6-16-31-27/h2-13,16,19,25H,14-15,17-18,20H2,1H3,(H,32,35,36). The molecule has 0 spiro atoms. The summed E-state index contributed by atoms with van der Waals surface area (Å²) in [5.41, 5.74) is 7.30. The number of H-pyrrole nitrogens is 1. The highest BCUT2D eigenvalue weighted by molar-refractivity contribution is 5.80. The van der Waals surface area contributed by atoms with Gasteiger partial charge in [-0.1, -0.05) is 60.7 Å². The molecule has 3 aromatic heterocycles. The summed E-state index contributed by atoms with van der Waals surface area (Å²) in [7, 11) is 0. The number of aromatic nitrogens is 6. The van der Waals surface area contributed by atoms with Crippen molar-refractivity contribution in [2.24, 2.45) is 0 Å². The maximum Gasteiger partial charge on any atom is 0.199 e. The van der Waals surface area contributed by atoms with Gasteiger partial charge in [0.1, 0.15) is 17.2 Å². The number of pyridine rings is 1. The predicted molar refractivity (Wildman–Crippen MR) is 145 cm³/mol. The van der Waals surface area contributed by atoms with E-state index in [1.807, 2.05) is 31.2 Å². The van der Waals surface area contributed by atoms with Crippen LogP contribution in [0.1, 0.15) is 35.8 Å². The normalized spacial score (nSPS) is 14.6. The van der Waals surface area contributed by atoms with Gasteiger partial charge in [0.2, 0.25) is 0 Å². The second kappa shape index (κ2) is 10.4. The molecule has 0 radical (unpaired) electrons. The molecule has 5 aromatic rings. The van der Waals surface area contributed by atoms with Gasteiger partial charge in [0.15, 0.2) is 5.82 Å². The summed E-state index contributed by atoms with van der Waals surface area (Å²) in [6.45, 7) is 4.99. The molecule has 0 saturated carbocycles. The third-order valence-electron chi connectivity index (χ3n) is 7.01. The van der Waals surface area contributed by atoms with Crippen LogP contribution >= 0.6 is 0 Å². The molecule has 37 heavy (non-hydrogen) atoms. The van der Waals surface area contributed by atoms with Crippen molar-refractivity contribution in [2.45, 2.75) is 32.2 Å².